The van der Waals surface area contributed by atoms with Gasteiger partial charge in [0.2, 0.25) is 5.91 Å². The van der Waals surface area contributed by atoms with Crippen LogP contribution in [0.1, 0.15) is 41.0 Å². The third-order valence-electron chi connectivity index (χ3n) is 5.39. The monoisotopic (exact) mass is 480 g/mol. The van der Waals surface area contributed by atoms with Gasteiger partial charge in [-0.3, -0.25) is 14.2 Å². The number of hydrogen-bond donors (Lipinski definition) is 3. The van der Waals surface area contributed by atoms with E-state index in [1.54, 1.807) is 0 Å². The number of alkyl halides is 3. The van der Waals surface area contributed by atoms with Crippen LogP contribution in [0.3, 0.4) is 0 Å². The van der Waals surface area contributed by atoms with Crippen molar-refractivity contribution in [2.45, 2.75) is 38.9 Å². The Balaban J connectivity index is 2.10. The van der Waals surface area contributed by atoms with Gasteiger partial charge in [-0.15, -0.1) is 0 Å². The van der Waals surface area contributed by atoms with Crippen LogP contribution in [0.15, 0.2) is 36.4 Å². The number of halogens is 4. The highest BCUT2D eigenvalue weighted by Crippen LogP contribution is 2.33. The Bertz CT molecular complexity index is 1310. The van der Waals surface area contributed by atoms with Crippen LogP contribution in [-0.2, 0) is 22.2 Å². The molecule has 0 aliphatic rings. The van der Waals surface area contributed by atoms with E-state index in [0.717, 1.165) is 41.0 Å². The number of aromatic nitrogens is 1. The summed E-state index contributed by atoms with van der Waals surface area (Å²) in [5.41, 5.74) is -2.29. The lowest BCUT2D eigenvalue weighted by Gasteiger charge is -2.21. The first-order chi connectivity index (χ1) is 15.6. The van der Waals surface area contributed by atoms with Crippen LogP contribution in [0.4, 0.5) is 17.6 Å². The fourth-order valence-electron chi connectivity index (χ4n) is 3.51. The lowest BCUT2D eigenvalue weighted by molar-refractivity contribution is -0.145. The number of benzene rings is 2. The Kier molecular flexibility index (Phi) is 6.17. The average Bonchev–Trinajstić information content (AvgIpc) is 2.97. The molecule has 1 heterocycles. The van der Waals surface area contributed by atoms with E-state index in [1.165, 1.54) is 20.8 Å². The Morgan fingerprint density at radius 1 is 1.06 bits per heavy atom. The van der Waals surface area contributed by atoms with E-state index in [-0.39, 0.29) is 27.7 Å². The van der Waals surface area contributed by atoms with Crippen molar-refractivity contribution >= 4 is 28.7 Å². The van der Waals surface area contributed by atoms with E-state index in [0.29, 0.717) is 0 Å². The fraction of sp³-hybridized carbons (Fsp3) is 0.261. The van der Waals surface area contributed by atoms with Crippen LogP contribution in [0.2, 0.25) is 0 Å². The Morgan fingerprint density at radius 2 is 1.65 bits per heavy atom. The van der Waals surface area contributed by atoms with Crippen LogP contribution in [0, 0.1) is 12.7 Å². The maximum atomic E-state index is 14.1. The minimum Gasteiger partial charge on any atom is -0.505 e. The Hall–Kier alpha value is -3.89. The summed E-state index contributed by atoms with van der Waals surface area (Å²) in [7, 11) is 0. The van der Waals surface area contributed by atoms with Gasteiger partial charge in [-0.1, -0.05) is 0 Å². The van der Waals surface area contributed by atoms with Crippen LogP contribution < -0.4 is 5.32 Å². The highest BCUT2D eigenvalue weighted by Gasteiger charge is 2.32. The number of phenolic OH excluding ortho intramolecular Hbond substituents is 1. The van der Waals surface area contributed by atoms with Crippen molar-refractivity contribution in [1.29, 1.82) is 0 Å². The van der Waals surface area contributed by atoms with Crippen molar-refractivity contribution in [3.05, 3.63) is 64.6 Å². The molecular weight excluding hydrogens is 460 g/mol. The molecule has 3 N–H and O–H groups in total. The van der Waals surface area contributed by atoms with Gasteiger partial charge in [-0.25, -0.2) is 9.18 Å². The van der Waals surface area contributed by atoms with E-state index >= 15 is 0 Å². The molecule has 0 saturated heterocycles. The maximum Gasteiger partial charge on any atom is 0.416 e. The minimum atomic E-state index is -4.59. The lowest BCUT2D eigenvalue weighted by Crippen LogP contribution is -2.50. The van der Waals surface area contributed by atoms with Gasteiger partial charge in [0.25, 0.3) is 5.91 Å². The molecule has 1 aromatic heterocycles. The molecule has 0 atom stereocenters. The topological polar surface area (TPSA) is 109 Å². The molecule has 0 aliphatic carbocycles. The molecule has 1 amide bonds. The van der Waals surface area contributed by atoms with Crippen molar-refractivity contribution in [2.24, 2.45) is 0 Å². The molecule has 180 valence electrons. The van der Waals surface area contributed by atoms with Gasteiger partial charge < -0.3 is 15.5 Å². The number of carboxylic acid groups (broad SMARTS) is 1. The second-order valence-corrected chi connectivity index (χ2v) is 8.26. The molecule has 0 spiro atoms. The van der Waals surface area contributed by atoms with Gasteiger partial charge in [0.15, 0.2) is 11.6 Å². The van der Waals surface area contributed by atoms with E-state index in [1.807, 2.05) is 0 Å². The van der Waals surface area contributed by atoms with Gasteiger partial charge in [0, 0.05) is 22.7 Å². The Labute approximate surface area is 190 Å². The SMILES string of the molecule is Cc1c(CC(=O)NC(C)(C)C(=O)O)c2cc(O)c(F)cc2n1C(=O)c1ccc(C(F)(F)F)cc1. The molecule has 2 aromatic carbocycles. The lowest BCUT2D eigenvalue weighted by atomic mass is 10.0. The second-order valence-electron chi connectivity index (χ2n) is 8.26. The average molecular weight is 480 g/mol. The van der Waals surface area contributed by atoms with Crippen LogP contribution in [0.5, 0.6) is 5.75 Å². The first-order valence-electron chi connectivity index (χ1n) is 9.92. The minimum absolute atomic E-state index is 0.0157. The van der Waals surface area contributed by atoms with Crippen LogP contribution in [-0.4, -0.2) is 38.1 Å². The summed E-state index contributed by atoms with van der Waals surface area (Å²) < 4.78 is 53.8. The number of hydrogen-bond acceptors (Lipinski definition) is 4. The van der Waals surface area contributed by atoms with Crippen molar-refractivity contribution < 1.29 is 42.2 Å². The highest BCUT2D eigenvalue weighted by molar-refractivity contribution is 6.05. The summed E-state index contributed by atoms with van der Waals surface area (Å²) in [6.07, 6.45) is -5.00. The Morgan fingerprint density at radius 3 is 2.18 bits per heavy atom. The molecule has 0 unspecified atom stereocenters. The summed E-state index contributed by atoms with van der Waals surface area (Å²) in [6.45, 7) is 4.00. The van der Waals surface area contributed by atoms with Gasteiger partial charge in [0.05, 0.1) is 17.5 Å². The molecule has 3 aromatic rings. The number of phenols is 1. The fourth-order valence-corrected chi connectivity index (χ4v) is 3.51. The number of aliphatic carboxylic acids is 1. The largest absolute Gasteiger partial charge is 0.505 e. The number of carbonyl (C=O) groups is 3. The number of aromatic hydroxyl groups is 1. The first kappa shape index (κ1) is 24.7. The molecular formula is C23H20F4N2O5. The third-order valence-corrected chi connectivity index (χ3v) is 5.39. The van der Waals surface area contributed by atoms with Gasteiger partial charge in [0.1, 0.15) is 5.54 Å². The third kappa shape index (κ3) is 4.59. The summed E-state index contributed by atoms with van der Waals surface area (Å²) >= 11 is 0. The molecule has 0 radical (unpaired) electrons. The smallest absolute Gasteiger partial charge is 0.416 e. The van der Waals surface area contributed by atoms with Gasteiger partial charge in [-0.2, -0.15) is 13.2 Å². The van der Waals surface area contributed by atoms with Gasteiger partial charge >= 0.3 is 12.1 Å². The summed E-state index contributed by atoms with van der Waals surface area (Å²) in [5, 5.41) is 21.5. The molecule has 34 heavy (non-hydrogen) atoms. The van der Waals surface area contributed by atoms with E-state index in [4.69, 9.17) is 0 Å². The normalized spacial score (nSPS) is 12.1. The molecule has 0 saturated carbocycles. The number of nitrogens with one attached hydrogen (secondary N) is 1. The molecule has 0 aliphatic heterocycles. The van der Waals surface area contributed by atoms with Crippen LogP contribution >= 0.6 is 0 Å². The van der Waals surface area contributed by atoms with E-state index in [2.05, 4.69) is 5.32 Å². The molecule has 0 bridgehead atoms. The number of amides is 1. The number of rotatable bonds is 5. The van der Waals surface area contributed by atoms with Crippen molar-refractivity contribution in [1.82, 2.24) is 9.88 Å². The predicted octanol–water partition coefficient (Wildman–Crippen LogP) is 4.02. The van der Waals surface area contributed by atoms with Gasteiger partial charge in [-0.05, 0) is 56.7 Å². The molecule has 11 heteroatoms. The summed E-state index contributed by atoms with van der Waals surface area (Å²) in [6, 6.07) is 5.34. The van der Waals surface area contributed by atoms with Crippen LogP contribution in [0.25, 0.3) is 10.9 Å². The van der Waals surface area contributed by atoms with E-state index < -0.39 is 53.0 Å². The first-order valence-corrected chi connectivity index (χ1v) is 9.92. The van der Waals surface area contributed by atoms with Crippen molar-refractivity contribution in [3.63, 3.8) is 0 Å². The highest BCUT2D eigenvalue weighted by atomic mass is 19.4. The zero-order chi connectivity index (χ0) is 25.6. The van der Waals surface area contributed by atoms with E-state index in [9.17, 15) is 42.2 Å². The summed E-state index contributed by atoms with van der Waals surface area (Å²) in [4.78, 5) is 37.0. The number of nitrogens with zero attached hydrogens (tertiary/aromatic N) is 1. The molecule has 0 fully saturated rings. The number of carbonyl (C=O) groups excluding carboxylic acids is 2. The predicted molar refractivity (Wildman–Crippen MR) is 113 cm³/mol. The quantitative estimate of drug-likeness (QED) is 0.478. The zero-order valence-corrected chi connectivity index (χ0v) is 18.2. The zero-order valence-electron chi connectivity index (χ0n) is 18.2. The van der Waals surface area contributed by atoms with Crippen molar-refractivity contribution in [3.8, 4) is 5.75 Å². The molecule has 3 rings (SSSR count). The van der Waals surface area contributed by atoms with Crippen molar-refractivity contribution in [2.75, 3.05) is 0 Å². The number of carboxylic acids is 1. The molecule has 7 nitrogen and oxygen atoms in total. The maximum absolute atomic E-state index is 14.1. The summed E-state index contributed by atoms with van der Waals surface area (Å²) in [5.74, 6) is -4.55. The second kappa shape index (κ2) is 8.47. The number of fused-ring (bicyclic) bond motifs is 1. The standard InChI is InChI=1S/C23H20F4N2O5/c1-11-14(9-19(31)28-22(2,3)21(33)34)15-8-18(30)16(24)10-17(15)29(11)20(32)12-4-6-13(7-5-12)23(25,26)27/h4-8,10,30H,9H2,1-3H3,(H,28,31)(H,33,34).